The summed E-state index contributed by atoms with van der Waals surface area (Å²) in [6.45, 7) is 5.34. The largest absolute Gasteiger partial charge is 0.444 e. The van der Waals surface area contributed by atoms with Gasteiger partial charge in [-0.2, -0.15) is 0 Å². The summed E-state index contributed by atoms with van der Waals surface area (Å²) in [5.41, 5.74) is 1.93. The molecule has 0 aliphatic heterocycles. The van der Waals surface area contributed by atoms with Crippen molar-refractivity contribution < 1.29 is 14.3 Å². The Hall–Kier alpha value is -3.35. The third-order valence-electron chi connectivity index (χ3n) is 4.34. The molecule has 29 heavy (non-hydrogen) atoms. The molecular formula is C22H26N4O3. The highest BCUT2D eigenvalue weighted by atomic mass is 16.6. The number of alkyl carbamates (subject to hydrolysis) is 1. The van der Waals surface area contributed by atoms with Crippen molar-refractivity contribution in [3.05, 3.63) is 60.6 Å². The second-order valence-electron chi connectivity index (χ2n) is 7.92. The highest BCUT2D eigenvalue weighted by Crippen LogP contribution is 2.22. The molecule has 0 fully saturated rings. The summed E-state index contributed by atoms with van der Waals surface area (Å²) in [7, 11) is 1.96. The maximum atomic E-state index is 12.9. The van der Waals surface area contributed by atoms with E-state index in [-0.39, 0.29) is 5.91 Å². The lowest BCUT2D eigenvalue weighted by atomic mass is 10.0. The fraction of sp³-hybridized carbons (Fsp3) is 0.318. The Kier molecular flexibility index (Phi) is 5.87. The van der Waals surface area contributed by atoms with E-state index in [1.807, 2.05) is 42.1 Å². The van der Waals surface area contributed by atoms with Crippen LogP contribution in [0.2, 0.25) is 0 Å². The second kappa shape index (κ2) is 8.34. The van der Waals surface area contributed by atoms with Crippen LogP contribution in [0, 0.1) is 0 Å². The van der Waals surface area contributed by atoms with Crippen molar-refractivity contribution in [1.29, 1.82) is 0 Å². The molecule has 0 aliphatic carbocycles. The lowest BCUT2D eigenvalue weighted by Gasteiger charge is -2.23. The summed E-state index contributed by atoms with van der Waals surface area (Å²) in [4.78, 5) is 29.3. The van der Waals surface area contributed by atoms with Crippen molar-refractivity contribution in [3.8, 4) is 0 Å². The van der Waals surface area contributed by atoms with Gasteiger partial charge in [-0.25, -0.2) is 4.79 Å². The third-order valence-corrected chi connectivity index (χ3v) is 4.34. The number of rotatable bonds is 5. The van der Waals surface area contributed by atoms with Crippen LogP contribution in [0.3, 0.4) is 0 Å². The van der Waals surface area contributed by atoms with E-state index in [4.69, 9.17) is 4.74 Å². The van der Waals surface area contributed by atoms with Gasteiger partial charge >= 0.3 is 6.09 Å². The van der Waals surface area contributed by atoms with Crippen LogP contribution in [-0.4, -0.2) is 33.2 Å². The zero-order valence-corrected chi connectivity index (χ0v) is 17.1. The Balaban J connectivity index is 1.85. The molecule has 2 amide bonds. The zero-order chi connectivity index (χ0) is 21.0. The number of fused-ring (bicyclic) bond motifs is 1. The van der Waals surface area contributed by atoms with E-state index in [9.17, 15) is 9.59 Å². The summed E-state index contributed by atoms with van der Waals surface area (Å²) in [6.07, 6.45) is 4.85. The van der Waals surface area contributed by atoms with Crippen LogP contribution < -0.4 is 10.6 Å². The number of hydrogen-bond donors (Lipinski definition) is 2. The first-order valence-corrected chi connectivity index (χ1v) is 9.46. The van der Waals surface area contributed by atoms with Gasteiger partial charge in [0.05, 0.1) is 11.9 Å². The van der Waals surface area contributed by atoms with Gasteiger partial charge in [0.2, 0.25) is 5.91 Å². The summed E-state index contributed by atoms with van der Waals surface area (Å²) >= 11 is 0. The van der Waals surface area contributed by atoms with E-state index in [1.165, 1.54) is 0 Å². The molecule has 2 heterocycles. The van der Waals surface area contributed by atoms with Gasteiger partial charge in [-0.3, -0.25) is 9.78 Å². The maximum Gasteiger partial charge on any atom is 0.408 e. The lowest BCUT2D eigenvalue weighted by Crippen LogP contribution is -2.47. The molecule has 3 rings (SSSR count). The van der Waals surface area contributed by atoms with Gasteiger partial charge < -0.3 is 19.9 Å². The van der Waals surface area contributed by atoms with Crippen LogP contribution >= 0.6 is 0 Å². The highest BCUT2D eigenvalue weighted by Gasteiger charge is 2.26. The second-order valence-corrected chi connectivity index (χ2v) is 7.92. The predicted molar refractivity (Wildman–Crippen MR) is 113 cm³/mol. The number of amides is 2. The number of hydrogen-bond acceptors (Lipinski definition) is 4. The Morgan fingerprint density at radius 2 is 1.93 bits per heavy atom. The Morgan fingerprint density at radius 1 is 1.17 bits per heavy atom. The van der Waals surface area contributed by atoms with Crippen molar-refractivity contribution in [2.75, 3.05) is 5.32 Å². The molecule has 2 aromatic heterocycles. The maximum absolute atomic E-state index is 12.9. The van der Waals surface area contributed by atoms with Gasteiger partial charge in [-0.05, 0) is 44.5 Å². The Bertz CT molecular complexity index is 1010. The highest BCUT2D eigenvalue weighted by molar-refractivity contribution is 5.97. The smallest absolute Gasteiger partial charge is 0.408 e. The lowest BCUT2D eigenvalue weighted by molar-refractivity contribution is -0.118. The van der Waals surface area contributed by atoms with Crippen molar-refractivity contribution in [1.82, 2.24) is 14.9 Å². The molecule has 3 aromatic rings. The molecule has 1 aromatic carbocycles. The van der Waals surface area contributed by atoms with Gasteiger partial charge in [0.1, 0.15) is 11.6 Å². The summed E-state index contributed by atoms with van der Waals surface area (Å²) < 4.78 is 7.36. The average Bonchev–Trinajstić information content (AvgIpc) is 2.96. The fourth-order valence-electron chi connectivity index (χ4n) is 3.13. The van der Waals surface area contributed by atoms with E-state index in [1.54, 1.807) is 45.3 Å². The SMILES string of the molecule is Cn1cc(C[C@H](NC(=O)OC(C)(C)C)C(=O)Nc2cccnc2)c2ccccc21. The molecule has 2 N–H and O–H groups in total. The first kappa shape index (κ1) is 20.4. The van der Waals surface area contributed by atoms with Crippen LogP contribution in [0.15, 0.2) is 55.0 Å². The number of nitrogens with zero attached hydrogens (tertiary/aromatic N) is 2. The molecule has 0 radical (unpaired) electrons. The zero-order valence-electron chi connectivity index (χ0n) is 17.1. The van der Waals surface area contributed by atoms with Crippen LogP contribution in [0.1, 0.15) is 26.3 Å². The van der Waals surface area contributed by atoms with Gasteiger partial charge in [0.15, 0.2) is 0 Å². The molecule has 0 bridgehead atoms. The molecule has 0 unspecified atom stereocenters. The molecule has 0 aliphatic rings. The summed E-state index contributed by atoms with van der Waals surface area (Å²) in [6, 6.07) is 10.6. The van der Waals surface area contributed by atoms with E-state index < -0.39 is 17.7 Å². The van der Waals surface area contributed by atoms with E-state index in [0.717, 1.165) is 16.5 Å². The molecule has 7 nitrogen and oxygen atoms in total. The number of anilines is 1. The van der Waals surface area contributed by atoms with Gasteiger partial charge in [0, 0.05) is 36.8 Å². The van der Waals surface area contributed by atoms with E-state index in [0.29, 0.717) is 12.1 Å². The molecule has 152 valence electrons. The van der Waals surface area contributed by atoms with Gasteiger partial charge in [-0.15, -0.1) is 0 Å². The van der Waals surface area contributed by atoms with Crippen LogP contribution in [0.4, 0.5) is 10.5 Å². The van der Waals surface area contributed by atoms with Gasteiger partial charge in [-0.1, -0.05) is 18.2 Å². The third kappa shape index (κ3) is 5.34. The molecular weight excluding hydrogens is 368 g/mol. The van der Waals surface area contributed by atoms with Crippen molar-refractivity contribution in [2.45, 2.75) is 38.8 Å². The minimum Gasteiger partial charge on any atom is -0.444 e. The van der Waals surface area contributed by atoms with Crippen LogP contribution in [0.5, 0.6) is 0 Å². The first-order chi connectivity index (χ1) is 13.7. The summed E-state index contributed by atoms with van der Waals surface area (Å²) in [5.74, 6) is -0.336. The van der Waals surface area contributed by atoms with E-state index >= 15 is 0 Å². The number of carbonyl (C=O) groups is 2. The van der Waals surface area contributed by atoms with Crippen molar-refractivity contribution in [3.63, 3.8) is 0 Å². The number of aromatic nitrogens is 2. The number of benzene rings is 1. The van der Waals surface area contributed by atoms with Crippen molar-refractivity contribution >= 4 is 28.6 Å². The minimum atomic E-state index is -0.809. The number of pyridine rings is 1. The molecule has 7 heteroatoms. The van der Waals surface area contributed by atoms with E-state index in [2.05, 4.69) is 15.6 Å². The van der Waals surface area contributed by atoms with Crippen molar-refractivity contribution in [2.24, 2.45) is 7.05 Å². The number of nitrogens with one attached hydrogen (secondary N) is 2. The molecule has 1 atom stereocenters. The Morgan fingerprint density at radius 3 is 2.62 bits per heavy atom. The number of carbonyl (C=O) groups excluding carboxylic acids is 2. The predicted octanol–water partition coefficient (Wildman–Crippen LogP) is 3.65. The van der Waals surface area contributed by atoms with Crippen LogP contribution in [0.25, 0.3) is 10.9 Å². The number of aryl methyl sites for hydroxylation is 1. The monoisotopic (exact) mass is 394 g/mol. The standard InChI is InChI=1S/C22H26N4O3/c1-22(2,3)29-21(28)25-18(20(27)24-16-8-7-11-23-13-16)12-15-14-26(4)19-10-6-5-9-17(15)19/h5-11,13-14,18H,12H2,1-4H3,(H,24,27)(H,25,28)/t18-/m0/s1. The quantitative estimate of drug-likeness (QED) is 0.692. The van der Waals surface area contributed by atoms with Gasteiger partial charge in [0.25, 0.3) is 0 Å². The fourth-order valence-corrected chi connectivity index (χ4v) is 3.13. The minimum absolute atomic E-state index is 0.326. The number of para-hydroxylation sites is 1. The number of ether oxygens (including phenoxy) is 1. The Labute approximate surface area is 170 Å². The normalized spacial score (nSPS) is 12.4. The summed E-state index contributed by atoms with van der Waals surface area (Å²) in [5, 5.41) is 6.56. The molecule has 0 saturated heterocycles. The molecule has 0 saturated carbocycles. The first-order valence-electron chi connectivity index (χ1n) is 9.46. The molecule has 0 spiro atoms. The average molecular weight is 394 g/mol. The topological polar surface area (TPSA) is 85.2 Å². The van der Waals surface area contributed by atoms with Crippen LogP contribution in [-0.2, 0) is 23.0 Å².